The largest absolute Gasteiger partial charge is 0.481 e. The summed E-state index contributed by atoms with van der Waals surface area (Å²) in [5.74, 6) is -0.865. The molecule has 0 radical (unpaired) electrons. The van der Waals surface area contributed by atoms with E-state index < -0.39 is 11.5 Å². The van der Waals surface area contributed by atoms with Gasteiger partial charge < -0.3 is 20.5 Å². The molecule has 24 heavy (non-hydrogen) atoms. The molecule has 1 rings (SSSR count). The Hall–Kier alpha value is -2.08. The third-order valence-electron chi connectivity index (χ3n) is 3.75. The van der Waals surface area contributed by atoms with E-state index in [9.17, 15) is 9.59 Å². The van der Waals surface area contributed by atoms with Gasteiger partial charge in [-0.25, -0.2) is 4.79 Å². The van der Waals surface area contributed by atoms with Crippen LogP contribution in [0.5, 0.6) is 0 Å². The van der Waals surface area contributed by atoms with Crippen molar-refractivity contribution in [2.75, 3.05) is 13.7 Å². The fourth-order valence-electron chi connectivity index (χ4n) is 2.37. The van der Waals surface area contributed by atoms with Crippen molar-refractivity contribution in [2.45, 2.75) is 51.1 Å². The van der Waals surface area contributed by atoms with Crippen LogP contribution in [-0.2, 0) is 16.0 Å². The molecule has 1 aromatic carbocycles. The normalized spacial score (nSPS) is 12.5. The number of ether oxygens (including phenoxy) is 1. The molecule has 1 unspecified atom stereocenters. The predicted molar refractivity (Wildman–Crippen MR) is 93.0 cm³/mol. The molecule has 0 heterocycles. The highest BCUT2D eigenvalue weighted by molar-refractivity contribution is 5.75. The molecule has 0 saturated heterocycles. The van der Waals surface area contributed by atoms with E-state index in [4.69, 9.17) is 9.84 Å². The Morgan fingerprint density at radius 3 is 2.50 bits per heavy atom. The van der Waals surface area contributed by atoms with E-state index in [0.717, 1.165) is 5.56 Å². The van der Waals surface area contributed by atoms with E-state index in [1.807, 2.05) is 44.2 Å². The fourth-order valence-corrected chi connectivity index (χ4v) is 2.37. The second kappa shape index (κ2) is 9.93. The first-order valence-corrected chi connectivity index (χ1v) is 8.16. The minimum atomic E-state index is -0.865. The Morgan fingerprint density at radius 1 is 1.25 bits per heavy atom. The van der Waals surface area contributed by atoms with Crippen molar-refractivity contribution in [2.24, 2.45) is 0 Å². The Kier molecular flexibility index (Phi) is 8.26. The molecule has 0 bridgehead atoms. The van der Waals surface area contributed by atoms with Gasteiger partial charge in [-0.05, 0) is 38.7 Å². The standard InChI is InChI=1S/C18H28N2O4/c1-18(2,11-12-24-3)20-17(23)19-15(9-10-16(21)22)13-14-7-5-4-6-8-14/h4-8,15H,9-13H2,1-3H3,(H,21,22)(H2,19,20,23). The molecule has 6 nitrogen and oxygen atoms in total. The van der Waals surface area contributed by atoms with Gasteiger partial charge in [0.05, 0.1) is 0 Å². The van der Waals surface area contributed by atoms with Gasteiger partial charge in [-0.1, -0.05) is 30.3 Å². The van der Waals surface area contributed by atoms with Gasteiger partial charge in [0.25, 0.3) is 0 Å². The molecule has 0 saturated carbocycles. The van der Waals surface area contributed by atoms with Crippen LogP contribution in [0.3, 0.4) is 0 Å². The number of carbonyl (C=O) groups is 2. The first-order valence-electron chi connectivity index (χ1n) is 8.16. The first kappa shape index (κ1) is 20.0. The number of urea groups is 1. The summed E-state index contributed by atoms with van der Waals surface area (Å²) < 4.78 is 5.05. The summed E-state index contributed by atoms with van der Waals surface area (Å²) in [6.07, 6.45) is 1.69. The van der Waals surface area contributed by atoms with Crippen molar-refractivity contribution < 1.29 is 19.4 Å². The Morgan fingerprint density at radius 2 is 1.92 bits per heavy atom. The highest BCUT2D eigenvalue weighted by atomic mass is 16.5. The lowest BCUT2D eigenvalue weighted by Crippen LogP contribution is -2.51. The van der Waals surface area contributed by atoms with E-state index in [2.05, 4.69) is 10.6 Å². The van der Waals surface area contributed by atoms with Crippen LogP contribution in [0.2, 0.25) is 0 Å². The van der Waals surface area contributed by atoms with E-state index in [0.29, 0.717) is 25.9 Å². The SMILES string of the molecule is COCCC(C)(C)NC(=O)NC(CCC(=O)O)Cc1ccccc1. The van der Waals surface area contributed by atoms with Crippen LogP contribution in [0.4, 0.5) is 4.79 Å². The molecule has 1 atom stereocenters. The maximum Gasteiger partial charge on any atom is 0.315 e. The third kappa shape index (κ3) is 8.53. The fraction of sp³-hybridized carbons (Fsp3) is 0.556. The van der Waals surface area contributed by atoms with E-state index in [1.54, 1.807) is 7.11 Å². The van der Waals surface area contributed by atoms with Crippen molar-refractivity contribution in [1.29, 1.82) is 0 Å². The molecular formula is C18H28N2O4. The number of amides is 2. The topological polar surface area (TPSA) is 87.7 Å². The average Bonchev–Trinajstić information content (AvgIpc) is 2.51. The number of carboxylic acid groups (broad SMARTS) is 1. The number of carbonyl (C=O) groups excluding carboxylic acids is 1. The summed E-state index contributed by atoms with van der Waals surface area (Å²) in [4.78, 5) is 23.1. The van der Waals surface area contributed by atoms with Crippen LogP contribution in [0.25, 0.3) is 0 Å². The summed E-state index contributed by atoms with van der Waals surface area (Å²) in [6, 6.07) is 9.19. The molecule has 3 N–H and O–H groups in total. The maximum atomic E-state index is 12.3. The molecular weight excluding hydrogens is 308 g/mol. The van der Waals surface area contributed by atoms with Crippen molar-refractivity contribution in [1.82, 2.24) is 10.6 Å². The average molecular weight is 336 g/mol. The zero-order valence-electron chi connectivity index (χ0n) is 14.7. The minimum Gasteiger partial charge on any atom is -0.481 e. The number of hydrogen-bond donors (Lipinski definition) is 3. The van der Waals surface area contributed by atoms with Gasteiger partial charge in [0.15, 0.2) is 0 Å². The molecule has 0 aliphatic heterocycles. The van der Waals surface area contributed by atoms with E-state index in [1.165, 1.54) is 0 Å². The summed E-state index contributed by atoms with van der Waals surface area (Å²) in [5.41, 5.74) is 0.663. The first-order chi connectivity index (χ1) is 11.3. The lowest BCUT2D eigenvalue weighted by molar-refractivity contribution is -0.137. The molecule has 1 aromatic rings. The van der Waals surface area contributed by atoms with Crippen molar-refractivity contribution in [3.63, 3.8) is 0 Å². The summed E-state index contributed by atoms with van der Waals surface area (Å²) in [7, 11) is 1.62. The number of carboxylic acids is 1. The summed E-state index contributed by atoms with van der Waals surface area (Å²) >= 11 is 0. The molecule has 0 aliphatic rings. The molecule has 6 heteroatoms. The van der Waals surface area contributed by atoms with Crippen LogP contribution < -0.4 is 10.6 Å². The Labute approximate surface area is 143 Å². The predicted octanol–water partition coefficient (Wildman–Crippen LogP) is 2.58. The van der Waals surface area contributed by atoms with Gasteiger partial charge in [-0.15, -0.1) is 0 Å². The number of methoxy groups -OCH3 is 1. The number of rotatable bonds is 10. The van der Waals surface area contributed by atoms with Crippen LogP contribution in [0.15, 0.2) is 30.3 Å². The van der Waals surface area contributed by atoms with Crippen molar-refractivity contribution in [3.8, 4) is 0 Å². The van der Waals surface area contributed by atoms with Crippen LogP contribution in [-0.4, -0.2) is 42.4 Å². The molecule has 0 aliphatic carbocycles. The van der Waals surface area contributed by atoms with Crippen molar-refractivity contribution >= 4 is 12.0 Å². The zero-order valence-corrected chi connectivity index (χ0v) is 14.7. The molecule has 0 aromatic heterocycles. The zero-order chi connectivity index (χ0) is 18.0. The second-order valence-corrected chi connectivity index (χ2v) is 6.54. The lowest BCUT2D eigenvalue weighted by atomic mass is 10.0. The van der Waals surface area contributed by atoms with Crippen LogP contribution in [0.1, 0.15) is 38.7 Å². The highest BCUT2D eigenvalue weighted by Gasteiger charge is 2.22. The van der Waals surface area contributed by atoms with Crippen LogP contribution in [0, 0.1) is 0 Å². The van der Waals surface area contributed by atoms with Gasteiger partial charge in [-0.3, -0.25) is 4.79 Å². The van der Waals surface area contributed by atoms with E-state index >= 15 is 0 Å². The third-order valence-corrected chi connectivity index (χ3v) is 3.75. The number of aliphatic carboxylic acids is 1. The molecule has 134 valence electrons. The highest BCUT2D eigenvalue weighted by Crippen LogP contribution is 2.10. The quantitative estimate of drug-likeness (QED) is 0.613. The molecule has 0 spiro atoms. The van der Waals surface area contributed by atoms with Gasteiger partial charge in [-0.2, -0.15) is 0 Å². The second-order valence-electron chi connectivity index (χ2n) is 6.54. The van der Waals surface area contributed by atoms with Crippen LogP contribution >= 0.6 is 0 Å². The number of benzene rings is 1. The maximum absolute atomic E-state index is 12.3. The van der Waals surface area contributed by atoms with Crippen molar-refractivity contribution in [3.05, 3.63) is 35.9 Å². The Bertz CT molecular complexity index is 517. The Balaban J connectivity index is 2.62. The number of hydrogen-bond acceptors (Lipinski definition) is 3. The minimum absolute atomic E-state index is 0.0187. The van der Waals surface area contributed by atoms with Gasteiger partial charge >= 0.3 is 12.0 Å². The summed E-state index contributed by atoms with van der Waals surface area (Å²) in [6.45, 7) is 4.41. The lowest BCUT2D eigenvalue weighted by Gasteiger charge is -2.28. The monoisotopic (exact) mass is 336 g/mol. The molecule has 0 fully saturated rings. The van der Waals surface area contributed by atoms with Gasteiger partial charge in [0.2, 0.25) is 0 Å². The number of nitrogens with one attached hydrogen (secondary N) is 2. The molecule has 2 amide bonds. The van der Waals surface area contributed by atoms with E-state index in [-0.39, 0.29) is 18.5 Å². The van der Waals surface area contributed by atoms with Gasteiger partial charge in [0, 0.05) is 31.7 Å². The van der Waals surface area contributed by atoms with Gasteiger partial charge in [0.1, 0.15) is 0 Å². The smallest absolute Gasteiger partial charge is 0.315 e. The summed E-state index contributed by atoms with van der Waals surface area (Å²) in [5, 5.41) is 14.7.